The summed E-state index contributed by atoms with van der Waals surface area (Å²) < 4.78 is 11.3. The van der Waals surface area contributed by atoms with Crippen LogP contribution in [0.3, 0.4) is 0 Å². The van der Waals surface area contributed by atoms with Crippen LogP contribution in [0.2, 0.25) is 0 Å². The third-order valence-electron chi connectivity index (χ3n) is 4.10. The fourth-order valence-corrected chi connectivity index (χ4v) is 4.24. The van der Waals surface area contributed by atoms with E-state index in [1.807, 2.05) is 36.5 Å². The molecule has 1 fully saturated rings. The lowest BCUT2D eigenvalue weighted by atomic mass is 9.93. The molecular weight excluding hydrogens is 314 g/mol. The summed E-state index contributed by atoms with van der Waals surface area (Å²) in [5.41, 5.74) is 0.865. The van der Waals surface area contributed by atoms with Gasteiger partial charge in [0.25, 0.3) is 0 Å². The Morgan fingerprint density at radius 1 is 1.32 bits per heavy atom. The van der Waals surface area contributed by atoms with Crippen molar-refractivity contribution in [1.82, 2.24) is 4.98 Å². The van der Waals surface area contributed by atoms with Crippen LogP contribution in [0.25, 0.3) is 0 Å². The fraction of sp³-hybridized carbons (Fsp3) is 0.412. The molecule has 2 heterocycles. The standard InChI is InChI=1S/C17H19NO2S2/c1-19-17(7-9-20-10-8-17)15-12-18-16(22-15)11-14(21)13-5-3-2-4-6-13/h2-6,12H,7-11H2,1H3. The average molecular weight is 333 g/mol. The van der Waals surface area contributed by atoms with Crippen LogP contribution in [-0.4, -0.2) is 30.2 Å². The normalized spacial score (nSPS) is 17.3. The van der Waals surface area contributed by atoms with Crippen LogP contribution in [0.1, 0.15) is 28.3 Å². The molecule has 1 aromatic heterocycles. The van der Waals surface area contributed by atoms with E-state index in [2.05, 4.69) is 4.98 Å². The zero-order chi connectivity index (χ0) is 15.4. The third-order valence-corrected chi connectivity index (χ3v) is 5.66. The van der Waals surface area contributed by atoms with Gasteiger partial charge in [0.2, 0.25) is 0 Å². The molecule has 0 amide bonds. The highest BCUT2D eigenvalue weighted by Crippen LogP contribution is 2.38. The predicted octanol–water partition coefficient (Wildman–Crippen LogP) is 3.76. The second-order valence-corrected chi connectivity index (χ2v) is 7.00. The maximum Gasteiger partial charge on any atom is 0.108 e. The minimum atomic E-state index is -0.234. The number of methoxy groups -OCH3 is 1. The summed E-state index contributed by atoms with van der Waals surface area (Å²) in [6.07, 6.45) is 4.42. The van der Waals surface area contributed by atoms with Crippen molar-refractivity contribution in [2.24, 2.45) is 0 Å². The summed E-state index contributed by atoms with van der Waals surface area (Å²) in [6, 6.07) is 10.1. The molecule has 3 rings (SSSR count). The van der Waals surface area contributed by atoms with Crippen molar-refractivity contribution in [3.8, 4) is 0 Å². The molecule has 3 nitrogen and oxygen atoms in total. The Hall–Kier alpha value is -1.14. The van der Waals surface area contributed by atoms with Crippen LogP contribution in [0, 0.1) is 0 Å². The van der Waals surface area contributed by atoms with E-state index in [0.717, 1.165) is 41.5 Å². The quantitative estimate of drug-likeness (QED) is 0.616. The van der Waals surface area contributed by atoms with Crippen LogP contribution in [-0.2, 0) is 21.5 Å². The molecule has 0 spiro atoms. The maximum absolute atomic E-state index is 5.83. The Bertz CT molecular complexity index is 633. The number of rotatable bonds is 5. The number of ether oxygens (including phenoxy) is 2. The minimum Gasteiger partial charge on any atom is -0.381 e. The number of hydrogen-bond donors (Lipinski definition) is 0. The smallest absolute Gasteiger partial charge is 0.108 e. The van der Waals surface area contributed by atoms with Gasteiger partial charge in [-0.05, 0) is 5.56 Å². The van der Waals surface area contributed by atoms with Crippen LogP contribution in [0.5, 0.6) is 0 Å². The highest BCUT2D eigenvalue weighted by molar-refractivity contribution is 7.80. The summed E-state index contributed by atoms with van der Waals surface area (Å²) in [4.78, 5) is 6.67. The van der Waals surface area contributed by atoms with E-state index >= 15 is 0 Å². The molecule has 0 bridgehead atoms. The number of thiocarbonyl (C=S) groups is 1. The number of nitrogens with zero attached hydrogens (tertiary/aromatic N) is 1. The van der Waals surface area contributed by atoms with Gasteiger partial charge < -0.3 is 9.47 Å². The molecule has 0 radical (unpaired) electrons. The number of thiazole rings is 1. The Morgan fingerprint density at radius 2 is 2.05 bits per heavy atom. The molecule has 0 atom stereocenters. The zero-order valence-corrected chi connectivity index (χ0v) is 14.2. The van der Waals surface area contributed by atoms with Gasteiger partial charge in [-0.15, -0.1) is 11.3 Å². The molecular formula is C17H19NO2S2. The van der Waals surface area contributed by atoms with Gasteiger partial charge in [0.1, 0.15) is 5.60 Å². The summed E-state index contributed by atoms with van der Waals surface area (Å²) in [7, 11) is 1.78. The van der Waals surface area contributed by atoms with Gasteiger partial charge in [-0.25, -0.2) is 4.98 Å². The molecule has 0 aliphatic carbocycles. The van der Waals surface area contributed by atoms with Crippen molar-refractivity contribution in [2.45, 2.75) is 24.9 Å². The fourth-order valence-electron chi connectivity index (χ4n) is 2.72. The van der Waals surface area contributed by atoms with Crippen molar-refractivity contribution in [3.05, 3.63) is 52.0 Å². The molecule has 0 saturated carbocycles. The van der Waals surface area contributed by atoms with Crippen LogP contribution in [0.4, 0.5) is 0 Å². The maximum atomic E-state index is 5.83. The van der Waals surface area contributed by atoms with Crippen LogP contribution in [0.15, 0.2) is 36.5 Å². The van der Waals surface area contributed by atoms with E-state index in [0.29, 0.717) is 6.42 Å². The summed E-state index contributed by atoms with van der Waals surface area (Å²) >= 11 is 7.25. The third kappa shape index (κ3) is 3.27. The first kappa shape index (κ1) is 15.7. The van der Waals surface area contributed by atoms with E-state index in [4.69, 9.17) is 21.7 Å². The Labute approximate surface area is 140 Å². The monoisotopic (exact) mass is 333 g/mol. The molecule has 116 valence electrons. The van der Waals surface area contributed by atoms with E-state index < -0.39 is 0 Å². The van der Waals surface area contributed by atoms with E-state index in [9.17, 15) is 0 Å². The molecule has 5 heteroatoms. The molecule has 0 N–H and O–H groups in total. The lowest BCUT2D eigenvalue weighted by Crippen LogP contribution is -2.34. The second-order valence-electron chi connectivity index (χ2n) is 5.40. The first-order valence-corrected chi connectivity index (χ1v) is 8.62. The largest absolute Gasteiger partial charge is 0.381 e. The first-order valence-electron chi connectivity index (χ1n) is 7.40. The molecule has 1 aliphatic heterocycles. The van der Waals surface area contributed by atoms with E-state index in [-0.39, 0.29) is 5.60 Å². The van der Waals surface area contributed by atoms with Crippen molar-refractivity contribution in [2.75, 3.05) is 20.3 Å². The van der Waals surface area contributed by atoms with Gasteiger partial charge >= 0.3 is 0 Å². The minimum absolute atomic E-state index is 0.234. The van der Waals surface area contributed by atoms with E-state index in [1.54, 1.807) is 18.4 Å². The second kappa shape index (κ2) is 6.96. The van der Waals surface area contributed by atoms with Crippen LogP contribution < -0.4 is 0 Å². The van der Waals surface area contributed by atoms with Crippen molar-refractivity contribution < 1.29 is 9.47 Å². The summed E-state index contributed by atoms with van der Waals surface area (Å²) in [5.74, 6) is 0. The first-order chi connectivity index (χ1) is 10.7. The molecule has 1 aliphatic rings. The predicted molar refractivity (Wildman–Crippen MR) is 92.7 cm³/mol. The topological polar surface area (TPSA) is 31.4 Å². The number of aromatic nitrogens is 1. The number of hydrogen-bond acceptors (Lipinski definition) is 5. The van der Waals surface area contributed by atoms with Gasteiger partial charge in [0.15, 0.2) is 0 Å². The van der Waals surface area contributed by atoms with Gasteiger partial charge in [-0.1, -0.05) is 42.5 Å². The zero-order valence-electron chi connectivity index (χ0n) is 12.6. The van der Waals surface area contributed by atoms with Crippen molar-refractivity contribution in [1.29, 1.82) is 0 Å². The highest BCUT2D eigenvalue weighted by Gasteiger charge is 2.36. The molecule has 0 unspecified atom stereocenters. The van der Waals surface area contributed by atoms with Crippen molar-refractivity contribution in [3.63, 3.8) is 0 Å². The summed E-state index contributed by atoms with van der Waals surface area (Å²) in [6.45, 7) is 1.48. The molecule has 22 heavy (non-hydrogen) atoms. The molecule has 2 aromatic rings. The Balaban J connectivity index is 1.75. The summed E-state index contributed by atoms with van der Waals surface area (Å²) in [5, 5.41) is 1.05. The van der Waals surface area contributed by atoms with Gasteiger partial charge in [-0.3, -0.25) is 0 Å². The molecule has 1 aromatic carbocycles. The van der Waals surface area contributed by atoms with Crippen molar-refractivity contribution >= 4 is 28.4 Å². The highest BCUT2D eigenvalue weighted by atomic mass is 32.1. The van der Waals surface area contributed by atoms with Gasteiger partial charge in [-0.2, -0.15) is 0 Å². The van der Waals surface area contributed by atoms with Gasteiger partial charge in [0, 0.05) is 50.6 Å². The lowest BCUT2D eigenvalue weighted by molar-refractivity contribution is -0.0926. The lowest BCUT2D eigenvalue weighted by Gasteiger charge is -2.34. The van der Waals surface area contributed by atoms with E-state index in [1.165, 1.54) is 4.88 Å². The number of benzene rings is 1. The SMILES string of the molecule is COC1(c2cnc(CC(=S)c3ccccc3)s2)CCOCC1. The Morgan fingerprint density at radius 3 is 2.73 bits per heavy atom. The average Bonchev–Trinajstić information content (AvgIpc) is 3.05. The van der Waals surface area contributed by atoms with Gasteiger partial charge in [0.05, 0.1) is 9.88 Å². The Kier molecular flexibility index (Phi) is 4.98. The molecule has 1 saturated heterocycles. The van der Waals surface area contributed by atoms with Crippen LogP contribution >= 0.6 is 23.6 Å².